The molecule has 126 valence electrons. The molecule has 1 aliphatic rings. The predicted molar refractivity (Wildman–Crippen MR) is 86.5 cm³/mol. The molecule has 1 atom stereocenters. The van der Waals surface area contributed by atoms with Crippen molar-refractivity contribution in [2.45, 2.75) is 44.7 Å². The summed E-state index contributed by atoms with van der Waals surface area (Å²) < 4.78 is 10.4. The van der Waals surface area contributed by atoms with Crippen LogP contribution < -0.4 is 20.1 Å². The first kappa shape index (κ1) is 17.1. The molecule has 1 fully saturated rings. The molecule has 0 aromatic heterocycles. The fraction of sp³-hybridized carbons (Fsp3) is 0.529. The third kappa shape index (κ3) is 4.37. The summed E-state index contributed by atoms with van der Waals surface area (Å²) in [7, 11) is 3.12. The van der Waals surface area contributed by atoms with Crippen molar-refractivity contribution < 1.29 is 19.1 Å². The number of methoxy groups -OCH3 is 2. The Labute approximate surface area is 136 Å². The Hall–Kier alpha value is -2.24. The quantitative estimate of drug-likeness (QED) is 0.813. The van der Waals surface area contributed by atoms with Gasteiger partial charge in [0.1, 0.15) is 0 Å². The molecule has 1 unspecified atom stereocenters. The number of carbonyl (C=O) groups is 2. The third-order valence-electron chi connectivity index (χ3n) is 4.15. The second-order valence-corrected chi connectivity index (χ2v) is 5.76. The Morgan fingerprint density at radius 3 is 2.35 bits per heavy atom. The van der Waals surface area contributed by atoms with Gasteiger partial charge in [-0.1, -0.05) is 18.9 Å². The van der Waals surface area contributed by atoms with Crippen LogP contribution in [0.3, 0.4) is 0 Å². The zero-order chi connectivity index (χ0) is 16.8. The van der Waals surface area contributed by atoms with Crippen molar-refractivity contribution in [3.63, 3.8) is 0 Å². The van der Waals surface area contributed by atoms with E-state index >= 15 is 0 Å². The predicted octanol–water partition coefficient (Wildman–Crippen LogP) is 1.94. The molecule has 1 aromatic carbocycles. The largest absolute Gasteiger partial charge is 0.493 e. The first-order valence-electron chi connectivity index (χ1n) is 7.88. The Morgan fingerprint density at radius 1 is 1.09 bits per heavy atom. The molecule has 2 N–H and O–H groups in total. The molecule has 2 amide bonds. The van der Waals surface area contributed by atoms with E-state index in [2.05, 4.69) is 10.6 Å². The smallest absolute Gasteiger partial charge is 0.309 e. The number of rotatable bonds is 5. The summed E-state index contributed by atoms with van der Waals surface area (Å²) in [6.07, 6.45) is 4.11. The summed E-state index contributed by atoms with van der Waals surface area (Å²) in [5, 5.41) is 5.49. The topological polar surface area (TPSA) is 76.7 Å². The Balaban J connectivity index is 1.96. The average Bonchev–Trinajstić information content (AvgIpc) is 3.06. The molecule has 23 heavy (non-hydrogen) atoms. The van der Waals surface area contributed by atoms with E-state index in [0.29, 0.717) is 11.5 Å². The maximum atomic E-state index is 12.0. The molecular weight excluding hydrogens is 296 g/mol. The molecule has 1 aliphatic carbocycles. The minimum absolute atomic E-state index is 0.129. The highest BCUT2D eigenvalue weighted by molar-refractivity contribution is 6.35. The lowest BCUT2D eigenvalue weighted by Crippen LogP contribution is -2.44. The van der Waals surface area contributed by atoms with Gasteiger partial charge < -0.3 is 20.1 Å². The first-order valence-corrected chi connectivity index (χ1v) is 7.88. The molecule has 0 aliphatic heterocycles. The molecule has 0 spiro atoms. The van der Waals surface area contributed by atoms with Crippen molar-refractivity contribution in [3.05, 3.63) is 23.8 Å². The number of carbonyl (C=O) groups excluding carboxylic acids is 2. The highest BCUT2D eigenvalue weighted by Gasteiger charge is 2.23. The first-order chi connectivity index (χ1) is 11.0. The van der Waals surface area contributed by atoms with Crippen LogP contribution in [0.15, 0.2) is 18.2 Å². The van der Waals surface area contributed by atoms with Crippen molar-refractivity contribution in [2.24, 2.45) is 0 Å². The molecule has 0 saturated heterocycles. The van der Waals surface area contributed by atoms with Crippen molar-refractivity contribution in [1.29, 1.82) is 0 Å². The number of ether oxygens (including phenoxy) is 2. The maximum absolute atomic E-state index is 12.0. The highest BCUT2D eigenvalue weighted by atomic mass is 16.5. The molecule has 0 radical (unpaired) electrons. The Kier molecular flexibility index (Phi) is 5.84. The van der Waals surface area contributed by atoms with Crippen LogP contribution in [0.4, 0.5) is 0 Å². The van der Waals surface area contributed by atoms with Gasteiger partial charge in [0, 0.05) is 6.04 Å². The van der Waals surface area contributed by atoms with E-state index < -0.39 is 11.8 Å². The van der Waals surface area contributed by atoms with Gasteiger partial charge in [-0.3, -0.25) is 9.59 Å². The Morgan fingerprint density at radius 2 is 1.74 bits per heavy atom. The summed E-state index contributed by atoms with van der Waals surface area (Å²) in [5.41, 5.74) is 0.838. The fourth-order valence-electron chi connectivity index (χ4n) is 2.79. The van der Waals surface area contributed by atoms with Crippen LogP contribution in [0.2, 0.25) is 0 Å². The molecule has 6 nitrogen and oxygen atoms in total. The standard InChI is InChI=1S/C17H24N2O4/c1-11(12-8-9-14(22-2)15(10-12)23-3)18-16(20)17(21)19-13-6-4-5-7-13/h8-11,13H,4-7H2,1-3H3,(H,18,20)(H,19,21). The Bertz CT molecular complexity index is 568. The number of nitrogens with one attached hydrogen (secondary N) is 2. The van der Waals surface area contributed by atoms with E-state index in [4.69, 9.17) is 9.47 Å². The van der Waals surface area contributed by atoms with Gasteiger partial charge in [0.25, 0.3) is 0 Å². The summed E-state index contributed by atoms with van der Waals surface area (Å²) >= 11 is 0. The summed E-state index contributed by atoms with van der Waals surface area (Å²) in [6, 6.07) is 5.22. The van der Waals surface area contributed by atoms with Gasteiger partial charge in [0.15, 0.2) is 11.5 Å². The lowest BCUT2D eigenvalue weighted by Gasteiger charge is -2.17. The normalized spacial score (nSPS) is 15.8. The SMILES string of the molecule is COc1ccc(C(C)NC(=O)C(=O)NC2CCCC2)cc1OC. The summed E-state index contributed by atoms with van der Waals surface area (Å²) in [5.74, 6) is 0.0265. The maximum Gasteiger partial charge on any atom is 0.309 e. The minimum atomic E-state index is -0.612. The molecular formula is C17H24N2O4. The van der Waals surface area contributed by atoms with E-state index in [0.717, 1.165) is 31.2 Å². The van der Waals surface area contributed by atoms with E-state index in [9.17, 15) is 9.59 Å². The lowest BCUT2D eigenvalue weighted by molar-refractivity contribution is -0.140. The molecule has 0 heterocycles. The van der Waals surface area contributed by atoms with Crippen molar-refractivity contribution in [3.8, 4) is 11.5 Å². The highest BCUT2D eigenvalue weighted by Crippen LogP contribution is 2.29. The van der Waals surface area contributed by atoms with Crippen molar-refractivity contribution in [2.75, 3.05) is 14.2 Å². The minimum Gasteiger partial charge on any atom is -0.493 e. The number of hydrogen-bond acceptors (Lipinski definition) is 4. The van der Waals surface area contributed by atoms with Crippen LogP contribution >= 0.6 is 0 Å². The summed E-state index contributed by atoms with van der Waals surface area (Å²) in [4.78, 5) is 23.9. The van der Waals surface area contributed by atoms with Crippen molar-refractivity contribution >= 4 is 11.8 Å². The number of benzene rings is 1. The van der Waals surface area contributed by atoms with Crippen LogP contribution in [0, 0.1) is 0 Å². The number of amides is 2. The van der Waals surface area contributed by atoms with Gasteiger partial charge in [-0.25, -0.2) is 0 Å². The molecule has 6 heteroatoms. The zero-order valence-electron chi connectivity index (χ0n) is 13.8. The van der Waals surface area contributed by atoms with Crippen LogP contribution in [0.1, 0.15) is 44.2 Å². The van der Waals surface area contributed by atoms with Crippen LogP contribution in [-0.2, 0) is 9.59 Å². The van der Waals surface area contributed by atoms with Gasteiger partial charge in [0.05, 0.1) is 20.3 Å². The van der Waals surface area contributed by atoms with E-state index in [1.165, 1.54) is 0 Å². The fourth-order valence-corrected chi connectivity index (χ4v) is 2.79. The monoisotopic (exact) mass is 320 g/mol. The van der Waals surface area contributed by atoms with E-state index in [-0.39, 0.29) is 12.1 Å². The molecule has 1 aromatic rings. The van der Waals surface area contributed by atoms with Gasteiger partial charge >= 0.3 is 11.8 Å². The molecule has 2 rings (SSSR count). The van der Waals surface area contributed by atoms with E-state index in [1.54, 1.807) is 26.4 Å². The van der Waals surface area contributed by atoms with Crippen LogP contribution in [-0.4, -0.2) is 32.1 Å². The average molecular weight is 320 g/mol. The van der Waals surface area contributed by atoms with Gasteiger partial charge in [-0.05, 0) is 37.5 Å². The van der Waals surface area contributed by atoms with E-state index in [1.807, 2.05) is 13.0 Å². The van der Waals surface area contributed by atoms with Crippen LogP contribution in [0.25, 0.3) is 0 Å². The second kappa shape index (κ2) is 7.85. The van der Waals surface area contributed by atoms with Gasteiger partial charge in [0.2, 0.25) is 0 Å². The molecule has 0 bridgehead atoms. The summed E-state index contributed by atoms with van der Waals surface area (Å²) in [6.45, 7) is 1.82. The second-order valence-electron chi connectivity index (χ2n) is 5.76. The lowest BCUT2D eigenvalue weighted by atomic mass is 10.1. The third-order valence-corrected chi connectivity index (χ3v) is 4.15. The van der Waals surface area contributed by atoms with Gasteiger partial charge in [-0.2, -0.15) is 0 Å². The number of hydrogen-bond donors (Lipinski definition) is 2. The zero-order valence-corrected chi connectivity index (χ0v) is 13.8. The van der Waals surface area contributed by atoms with Crippen molar-refractivity contribution in [1.82, 2.24) is 10.6 Å². The molecule has 1 saturated carbocycles. The van der Waals surface area contributed by atoms with Gasteiger partial charge in [-0.15, -0.1) is 0 Å². The van der Waals surface area contributed by atoms with Crippen LogP contribution in [0.5, 0.6) is 11.5 Å².